The molecule has 0 saturated carbocycles. The molecule has 0 radical (unpaired) electrons. The van der Waals surface area contributed by atoms with Crippen LogP contribution >= 0.6 is 11.3 Å². The normalized spacial score (nSPS) is 12.6. The molecule has 1 unspecified atom stereocenters. The number of rotatable bonds is 4. The van der Waals surface area contributed by atoms with Crippen LogP contribution in [0.3, 0.4) is 0 Å². The summed E-state index contributed by atoms with van der Waals surface area (Å²) >= 11 is 1.71. The molecule has 0 aromatic carbocycles. The lowest BCUT2D eigenvalue weighted by Gasteiger charge is -2.15. The molecule has 3 nitrogen and oxygen atoms in total. The van der Waals surface area contributed by atoms with Gasteiger partial charge in [-0.25, -0.2) is 0 Å². The molecule has 4 heteroatoms. The largest absolute Gasteiger partial charge is 0.271 e. The second-order valence-electron chi connectivity index (χ2n) is 3.79. The summed E-state index contributed by atoms with van der Waals surface area (Å²) in [6, 6.07) is 6.33. The van der Waals surface area contributed by atoms with E-state index in [2.05, 4.69) is 33.3 Å². The van der Waals surface area contributed by atoms with Gasteiger partial charge in [0.2, 0.25) is 0 Å². The Bertz CT molecular complexity index is 422. The molecule has 2 aromatic heterocycles. The first-order valence-electron chi connectivity index (χ1n) is 5.19. The lowest BCUT2D eigenvalue weighted by molar-refractivity contribution is 0.550. The summed E-state index contributed by atoms with van der Waals surface area (Å²) in [5, 5.41) is 4.22. The zero-order chi connectivity index (χ0) is 11.4. The summed E-state index contributed by atoms with van der Waals surface area (Å²) in [7, 11) is 0. The van der Waals surface area contributed by atoms with E-state index in [9.17, 15) is 0 Å². The fraction of sp³-hybridized carbons (Fsp3) is 0.250. The summed E-state index contributed by atoms with van der Waals surface area (Å²) < 4.78 is 0. The molecule has 0 spiro atoms. The van der Waals surface area contributed by atoms with Gasteiger partial charge in [0.25, 0.3) is 0 Å². The molecule has 84 valence electrons. The number of hydrazine groups is 1. The minimum absolute atomic E-state index is 0.127. The highest BCUT2D eigenvalue weighted by Gasteiger charge is 2.10. The third-order valence-corrected chi connectivity index (χ3v) is 3.29. The first-order valence-corrected chi connectivity index (χ1v) is 6.13. The van der Waals surface area contributed by atoms with Crippen molar-refractivity contribution in [1.82, 2.24) is 10.4 Å². The van der Waals surface area contributed by atoms with Crippen LogP contribution in [-0.2, 0) is 6.42 Å². The molecule has 2 rings (SSSR count). The first-order chi connectivity index (χ1) is 7.79. The summed E-state index contributed by atoms with van der Waals surface area (Å²) in [5.74, 6) is 5.59. The van der Waals surface area contributed by atoms with Crippen LogP contribution in [0, 0.1) is 6.92 Å². The Morgan fingerprint density at radius 2 is 2.31 bits per heavy atom. The Morgan fingerprint density at radius 3 is 2.88 bits per heavy atom. The van der Waals surface area contributed by atoms with E-state index < -0.39 is 0 Å². The number of hydrogen-bond donors (Lipinski definition) is 2. The molecule has 0 fully saturated rings. The van der Waals surface area contributed by atoms with Gasteiger partial charge in [-0.3, -0.25) is 16.3 Å². The van der Waals surface area contributed by atoms with Crippen molar-refractivity contribution in [3.63, 3.8) is 0 Å². The van der Waals surface area contributed by atoms with Gasteiger partial charge in [0, 0.05) is 11.9 Å². The van der Waals surface area contributed by atoms with E-state index in [0.717, 1.165) is 17.7 Å². The Hall–Kier alpha value is -1.23. The number of aryl methyl sites for hydroxylation is 1. The average Bonchev–Trinajstić information content (AvgIpc) is 2.80. The molecule has 2 heterocycles. The van der Waals surface area contributed by atoms with E-state index in [1.807, 2.05) is 19.2 Å². The zero-order valence-corrected chi connectivity index (χ0v) is 10.00. The molecular weight excluding hydrogens is 218 g/mol. The Morgan fingerprint density at radius 1 is 1.44 bits per heavy atom. The van der Waals surface area contributed by atoms with Crippen molar-refractivity contribution in [3.8, 4) is 0 Å². The van der Waals surface area contributed by atoms with Crippen LogP contribution in [0.2, 0.25) is 0 Å². The van der Waals surface area contributed by atoms with Gasteiger partial charge >= 0.3 is 0 Å². The van der Waals surface area contributed by atoms with E-state index in [4.69, 9.17) is 5.84 Å². The summed E-state index contributed by atoms with van der Waals surface area (Å²) in [4.78, 5) is 4.28. The number of pyridine rings is 1. The number of hydrogen-bond acceptors (Lipinski definition) is 4. The number of nitrogens with two attached hydrogens (primary N) is 1. The van der Waals surface area contributed by atoms with Crippen molar-refractivity contribution in [1.29, 1.82) is 0 Å². The van der Waals surface area contributed by atoms with E-state index in [1.54, 1.807) is 11.3 Å². The van der Waals surface area contributed by atoms with Gasteiger partial charge in [0.15, 0.2) is 0 Å². The smallest absolute Gasteiger partial charge is 0.0515 e. The standard InChI is InChI=1S/C12H15N3S/c1-9-2-3-11(7-14-9)12(15-13)6-10-4-5-16-8-10/h2-5,7-8,12,15H,6,13H2,1H3. The molecule has 16 heavy (non-hydrogen) atoms. The van der Waals surface area contributed by atoms with Gasteiger partial charge in [-0.1, -0.05) is 6.07 Å². The SMILES string of the molecule is Cc1ccc(C(Cc2ccsc2)NN)cn1. The highest BCUT2D eigenvalue weighted by Crippen LogP contribution is 2.18. The van der Waals surface area contributed by atoms with E-state index >= 15 is 0 Å². The van der Waals surface area contributed by atoms with E-state index in [0.29, 0.717) is 0 Å². The first kappa shape index (κ1) is 11.3. The number of nitrogens with zero attached hydrogens (tertiary/aromatic N) is 1. The summed E-state index contributed by atoms with van der Waals surface area (Å²) in [5.41, 5.74) is 6.29. The fourth-order valence-electron chi connectivity index (χ4n) is 1.60. The number of thiophene rings is 1. The second kappa shape index (κ2) is 5.21. The molecular formula is C12H15N3S. The van der Waals surface area contributed by atoms with Crippen LogP contribution in [-0.4, -0.2) is 4.98 Å². The van der Waals surface area contributed by atoms with Crippen molar-refractivity contribution in [2.75, 3.05) is 0 Å². The van der Waals surface area contributed by atoms with Gasteiger partial charge in [-0.05, 0) is 47.4 Å². The van der Waals surface area contributed by atoms with Crippen LogP contribution in [0.5, 0.6) is 0 Å². The molecule has 0 aliphatic rings. The third-order valence-electron chi connectivity index (χ3n) is 2.56. The lowest BCUT2D eigenvalue weighted by atomic mass is 10.0. The average molecular weight is 233 g/mol. The molecule has 1 atom stereocenters. The van der Waals surface area contributed by atoms with Gasteiger partial charge in [0.1, 0.15) is 0 Å². The van der Waals surface area contributed by atoms with Crippen LogP contribution < -0.4 is 11.3 Å². The topological polar surface area (TPSA) is 50.9 Å². The molecule has 0 aliphatic heterocycles. The molecule has 0 bridgehead atoms. The number of nitrogens with one attached hydrogen (secondary N) is 1. The molecule has 2 aromatic rings. The fourth-order valence-corrected chi connectivity index (χ4v) is 2.28. The second-order valence-corrected chi connectivity index (χ2v) is 4.57. The van der Waals surface area contributed by atoms with Crippen molar-refractivity contribution >= 4 is 11.3 Å². The zero-order valence-electron chi connectivity index (χ0n) is 9.18. The predicted octanol–water partition coefficient (Wildman–Crippen LogP) is 2.20. The lowest BCUT2D eigenvalue weighted by Crippen LogP contribution is -2.29. The van der Waals surface area contributed by atoms with Crippen molar-refractivity contribution in [2.24, 2.45) is 5.84 Å². The molecule has 0 amide bonds. The summed E-state index contributed by atoms with van der Waals surface area (Å²) in [6.07, 6.45) is 2.77. The monoisotopic (exact) mass is 233 g/mol. The Kier molecular flexibility index (Phi) is 3.66. The maximum atomic E-state index is 5.59. The van der Waals surface area contributed by atoms with Gasteiger partial charge in [0.05, 0.1) is 6.04 Å². The van der Waals surface area contributed by atoms with Crippen LogP contribution in [0.25, 0.3) is 0 Å². The Balaban J connectivity index is 2.13. The highest BCUT2D eigenvalue weighted by molar-refractivity contribution is 7.07. The maximum absolute atomic E-state index is 5.59. The quantitative estimate of drug-likeness (QED) is 0.629. The Labute approximate surface area is 99.3 Å². The van der Waals surface area contributed by atoms with Crippen LogP contribution in [0.15, 0.2) is 35.2 Å². The van der Waals surface area contributed by atoms with Crippen molar-refractivity contribution in [3.05, 3.63) is 52.0 Å². The summed E-state index contributed by atoms with van der Waals surface area (Å²) in [6.45, 7) is 1.98. The predicted molar refractivity (Wildman–Crippen MR) is 67.1 cm³/mol. The minimum Gasteiger partial charge on any atom is -0.271 e. The van der Waals surface area contributed by atoms with Crippen LogP contribution in [0.1, 0.15) is 22.9 Å². The molecule has 3 N–H and O–H groups in total. The molecule has 0 aliphatic carbocycles. The van der Waals surface area contributed by atoms with E-state index in [-0.39, 0.29) is 6.04 Å². The highest BCUT2D eigenvalue weighted by atomic mass is 32.1. The van der Waals surface area contributed by atoms with E-state index in [1.165, 1.54) is 5.56 Å². The van der Waals surface area contributed by atoms with Gasteiger partial charge in [-0.2, -0.15) is 11.3 Å². The van der Waals surface area contributed by atoms with Crippen LogP contribution in [0.4, 0.5) is 0 Å². The van der Waals surface area contributed by atoms with Gasteiger partial charge in [-0.15, -0.1) is 0 Å². The minimum atomic E-state index is 0.127. The third kappa shape index (κ3) is 2.66. The molecule has 0 saturated heterocycles. The van der Waals surface area contributed by atoms with Crippen molar-refractivity contribution in [2.45, 2.75) is 19.4 Å². The number of aromatic nitrogens is 1. The maximum Gasteiger partial charge on any atom is 0.0515 e. The van der Waals surface area contributed by atoms with Crippen molar-refractivity contribution < 1.29 is 0 Å². The van der Waals surface area contributed by atoms with Gasteiger partial charge < -0.3 is 0 Å².